The predicted molar refractivity (Wildman–Crippen MR) is 49.8 cm³/mol. The van der Waals surface area contributed by atoms with Gasteiger partial charge in [-0.3, -0.25) is 10.1 Å². The minimum Gasteiger partial charge on any atom is -0.397 e. The largest absolute Gasteiger partial charge is 0.397 e. The molecule has 1 aromatic heterocycles. The van der Waals surface area contributed by atoms with Crippen LogP contribution in [0.15, 0.2) is 6.07 Å². The number of nitro groups is 1. The highest BCUT2D eigenvalue weighted by Crippen LogP contribution is 2.30. The molecule has 0 amide bonds. The number of anilines is 1. The van der Waals surface area contributed by atoms with Gasteiger partial charge in [-0.2, -0.15) is 0 Å². The Bertz CT molecular complexity index is 400. The second-order valence-electron chi connectivity index (χ2n) is 2.62. The molecule has 0 unspecified atom stereocenters. The Labute approximate surface area is 88.0 Å². The van der Waals surface area contributed by atoms with E-state index in [0.717, 1.165) is 6.07 Å². The van der Waals surface area contributed by atoms with E-state index in [1.165, 1.54) is 0 Å². The van der Waals surface area contributed by atoms with Crippen LogP contribution in [0.25, 0.3) is 0 Å². The minimum absolute atomic E-state index is 0.0116. The van der Waals surface area contributed by atoms with Crippen LogP contribution in [0.1, 0.15) is 17.8 Å². The number of aromatic nitrogens is 1. The number of alkyl halides is 3. The van der Waals surface area contributed by atoms with Crippen LogP contribution in [0.2, 0.25) is 0 Å². The van der Waals surface area contributed by atoms with E-state index in [9.17, 15) is 18.9 Å². The van der Waals surface area contributed by atoms with Crippen molar-refractivity contribution in [3.63, 3.8) is 0 Å². The molecule has 0 bridgehead atoms. The van der Waals surface area contributed by atoms with Crippen molar-refractivity contribution in [3.8, 4) is 0 Å². The molecule has 0 aliphatic heterocycles. The molecule has 0 fully saturated rings. The molecule has 5 nitrogen and oxygen atoms in total. The molecule has 0 atom stereocenters. The first-order valence-corrected chi connectivity index (χ1v) is 4.28. The Morgan fingerprint density at radius 1 is 1.67 bits per heavy atom. The van der Waals surface area contributed by atoms with Gasteiger partial charge in [0.25, 0.3) is 12.1 Å². The Morgan fingerprint density at radius 3 is 2.67 bits per heavy atom. The van der Waals surface area contributed by atoms with E-state index >= 15 is 0 Å². The maximum atomic E-state index is 12.4. The van der Waals surface area contributed by atoms with Crippen LogP contribution in [0.4, 0.5) is 20.2 Å². The van der Waals surface area contributed by atoms with Gasteiger partial charge in [0, 0.05) is 6.07 Å². The molecule has 82 valence electrons. The average Bonchev–Trinajstić information content (AvgIpc) is 2.16. The summed E-state index contributed by atoms with van der Waals surface area (Å²) in [5.41, 5.74) is 3.58. The summed E-state index contributed by atoms with van der Waals surface area (Å²) in [6.45, 7) is 0. The van der Waals surface area contributed by atoms with E-state index in [1.54, 1.807) is 0 Å². The molecular weight excluding hydrogens is 232 g/mol. The summed E-state index contributed by atoms with van der Waals surface area (Å²) in [7, 11) is 0. The zero-order valence-corrected chi connectivity index (χ0v) is 8.04. The number of hydrogen-bond acceptors (Lipinski definition) is 4. The van der Waals surface area contributed by atoms with Crippen molar-refractivity contribution < 1.29 is 13.7 Å². The van der Waals surface area contributed by atoms with Gasteiger partial charge in [-0.05, 0) is 0 Å². The van der Waals surface area contributed by atoms with Crippen LogP contribution in [0.3, 0.4) is 0 Å². The fraction of sp³-hybridized carbons (Fsp3) is 0.286. The molecular formula is C7H6ClF2N3O2. The molecule has 0 saturated carbocycles. The molecule has 8 heteroatoms. The summed E-state index contributed by atoms with van der Waals surface area (Å²) in [6, 6.07) is 0.839. The summed E-state index contributed by atoms with van der Waals surface area (Å²) in [4.78, 5) is 12.8. The van der Waals surface area contributed by atoms with Crippen LogP contribution in [-0.4, -0.2) is 9.91 Å². The molecule has 0 spiro atoms. The number of rotatable bonds is 3. The van der Waals surface area contributed by atoms with Crippen LogP contribution in [0, 0.1) is 10.1 Å². The summed E-state index contributed by atoms with van der Waals surface area (Å²) in [6.07, 6.45) is -3.03. The third-order valence-electron chi connectivity index (χ3n) is 1.67. The van der Waals surface area contributed by atoms with Crippen molar-refractivity contribution in [1.82, 2.24) is 4.98 Å². The van der Waals surface area contributed by atoms with Gasteiger partial charge < -0.3 is 5.73 Å². The lowest BCUT2D eigenvalue weighted by Crippen LogP contribution is -2.05. The zero-order valence-electron chi connectivity index (χ0n) is 7.28. The topological polar surface area (TPSA) is 82.0 Å². The number of halogens is 3. The first-order valence-electron chi connectivity index (χ1n) is 3.75. The Morgan fingerprint density at radius 2 is 2.27 bits per heavy atom. The fourth-order valence-corrected chi connectivity index (χ4v) is 1.20. The summed E-state index contributed by atoms with van der Waals surface area (Å²) >= 11 is 5.38. The number of nitrogen functional groups attached to an aromatic ring is 1. The summed E-state index contributed by atoms with van der Waals surface area (Å²) in [5.74, 6) is -0.177. The summed E-state index contributed by atoms with van der Waals surface area (Å²) < 4.78 is 24.8. The monoisotopic (exact) mass is 237 g/mol. The third kappa shape index (κ3) is 2.30. The van der Waals surface area contributed by atoms with Crippen LogP contribution in [0.5, 0.6) is 0 Å². The molecule has 0 aliphatic rings. The second kappa shape index (κ2) is 4.35. The van der Waals surface area contributed by atoms with E-state index < -0.39 is 22.7 Å². The van der Waals surface area contributed by atoms with Crippen molar-refractivity contribution in [2.24, 2.45) is 0 Å². The smallest absolute Gasteiger partial charge is 0.298 e. The van der Waals surface area contributed by atoms with Gasteiger partial charge in [0.2, 0.25) is 0 Å². The molecule has 0 aliphatic carbocycles. The van der Waals surface area contributed by atoms with E-state index in [1.807, 2.05) is 0 Å². The first kappa shape index (κ1) is 11.6. The molecule has 1 heterocycles. The third-order valence-corrected chi connectivity index (χ3v) is 1.93. The first-order chi connectivity index (χ1) is 6.97. The van der Waals surface area contributed by atoms with Gasteiger partial charge in [-0.25, -0.2) is 13.8 Å². The lowest BCUT2D eigenvalue weighted by Gasteiger charge is -2.05. The second-order valence-corrected chi connectivity index (χ2v) is 2.89. The molecule has 0 aromatic carbocycles. The number of nitrogens with two attached hydrogens (primary N) is 1. The van der Waals surface area contributed by atoms with Gasteiger partial charge in [0.1, 0.15) is 0 Å². The molecule has 15 heavy (non-hydrogen) atoms. The Kier molecular flexibility index (Phi) is 3.35. The van der Waals surface area contributed by atoms with E-state index in [2.05, 4.69) is 4.98 Å². The number of pyridine rings is 1. The minimum atomic E-state index is -3.03. The highest BCUT2D eigenvalue weighted by atomic mass is 35.5. The molecule has 1 aromatic rings. The maximum absolute atomic E-state index is 12.4. The Balaban J connectivity index is 3.38. The van der Waals surface area contributed by atoms with Gasteiger partial charge in [-0.15, -0.1) is 11.6 Å². The van der Waals surface area contributed by atoms with Gasteiger partial charge in [0.05, 0.1) is 22.2 Å². The van der Waals surface area contributed by atoms with Crippen molar-refractivity contribution in [2.45, 2.75) is 12.3 Å². The van der Waals surface area contributed by atoms with E-state index in [0.29, 0.717) is 0 Å². The normalized spacial score (nSPS) is 10.7. The number of nitrogens with zero attached hydrogens (tertiary/aromatic N) is 2. The van der Waals surface area contributed by atoms with Crippen molar-refractivity contribution >= 4 is 23.0 Å². The highest BCUT2D eigenvalue weighted by molar-refractivity contribution is 6.17. The zero-order chi connectivity index (χ0) is 11.6. The van der Waals surface area contributed by atoms with Gasteiger partial charge >= 0.3 is 0 Å². The lowest BCUT2D eigenvalue weighted by molar-refractivity contribution is -0.386. The van der Waals surface area contributed by atoms with Crippen molar-refractivity contribution in [3.05, 3.63) is 27.6 Å². The van der Waals surface area contributed by atoms with Crippen LogP contribution >= 0.6 is 11.6 Å². The number of hydrogen-bond donors (Lipinski definition) is 1. The van der Waals surface area contributed by atoms with Crippen LogP contribution < -0.4 is 5.73 Å². The molecule has 2 N–H and O–H groups in total. The maximum Gasteiger partial charge on any atom is 0.298 e. The van der Waals surface area contributed by atoms with E-state index in [-0.39, 0.29) is 17.3 Å². The van der Waals surface area contributed by atoms with Crippen LogP contribution in [-0.2, 0) is 5.88 Å². The quantitative estimate of drug-likeness (QED) is 0.497. The van der Waals surface area contributed by atoms with Gasteiger partial charge in [0.15, 0.2) is 5.69 Å². The highest BCUT2D eigenvalue weighted by Gasteiger charge is 2.25. The van der Waals surface area contributed by atoms with Gasteiger partial charge in [-0.1, -0.05) is 0 Å². The SMILES string of the molecule is Nc1cc([N+](=O)[O-])c(C(F)F)nc1CCl. The predicted octanol–water partition coefficient (Wildman–Crippen LogP) is 2.25. The Hall–Kier alpha value is -1.50. The summed E-state index contributed by atoms with van der Waals surface area (Å²) in [5, 5.41) is 10.4. The molecule has 0 saturated heterocycles. The van der Waals surface area contributed by atoms with Crippen molar-refractivity contribution in [2.75, 3.05) is 5.73 Å². The lowest BCUT2D eigenvalue weighted by atomic mass is 10.2. The van der Waals surface area contributed by atoms with Crippen molar-refractivity contribution in [1.29, 1.82) is 0 Å². The molecule has 0 radical (unpaired) electrons. The standard InChI is InChI=1S/C7H6ClF2N3O2/c8-2-4-3(11)1-5(13(14)15)6(12-4)7(9)10/h1,7H,2,11H2. The fourth-order valence-electron chi connectivity index (χ4n) is 0.986. The average molecular weight is 238 g/mol. The molecule has 1 rings (SSSR count). The van der Waals surface area contributed by atoms with E-state index in [4.69, 9.17) is 17.3 Å².